The van der Waals surface area contributed by atoms with E-state index in [1.165, 1.54) is 5.56 Å². The van der Waals surface area contributed by atoms with E-state index in [0.29, 0.717) is 25.5 Å². The van der Waals surface area contributed by atoms with Gasteiger partial charge in [-0.25, -0.2) is 0 Å². The maximum Gasteiger partial charge on any atom is 0.223 e. The fourth-order valence-corrected chi connectivity index (χ4v) is 3.22. The number of ether oxygens (including phenoxy) is 2. The second-order valence-corrected chi connectivity index (χ2v) is 5.87. The van der Waals surface area contributed by atoms with Crippen molar-refractivity contribution >= 4 is 5.91 Å². The van der Waals surface area contributed by atoms with Crippen LogP contribution in [0.15, 0.2) is 12.1 Å². The predicted molar refractivity (Wildman–Crippen MR) is 82.7 cm³/mol. The van der Waals surface area contributed by atoms with Gasteiger partial charge in [0.25, 0.3) is 0 Å². The summed E-state index contributed by atoms with van der Waals surface area (Å²) in [5.41, 5.74) is 3.61. The largest absolute Gasteiger partial charge is 0.496 e. The van der Waals surface area contributed by atoms with Crippen molar-refractivity contribution in [2.45, 2.75) is 26.7 Å². The molecule has 1 aromatic carbocycles. The van der Waals surface area contributed by atoms with Crippen molar-refractivity contribution in [2.75, 3.05) is 33.9 Å². The number of benzene rings is 1. The van der Waals surface area contributed by atoms with Crippen LogP contribution in [0.3, 0.4) is 0 Å². The summed E-state index contributed by atoms with van der Waals surface area (Å²) in [5.74, 6) is 1.61. The molecule has 4 nitrogen and oxygen atoms in total. The molecule has 0 aliphatic carbocycles. The molecular formula is C17H25NO3. The highest BCUT2D eigenvalue weighted by Crippen LogP contribution is 2.28. The van der Waals surface area contributed by atoms with Crippen LogP contribution in [0.1, 0.15) is 23.1 Å². The molecule has 0 spiro atoms. The number of nitrogens with zero attached hydrogens (tertiary/aromatic N) is 1. The van der Waals surface area contributed by atoms with Crippen LogP contribution in [0.25, 0.3) is 0 Å². The summed E-state index contributed by atoms with van der Waals surface area (Å²) < 4.78 is 10.5. The molecule has 0 unspecified atom stereocenters. The first-order valence-corrected chi connectivity index (χ1v) is 7.46. The third kappa shape index (κ3) is 3.76. The summed E-state index contributed by atoms with van der Waals surface area (Å²) in [6.45, 7) is 6.29. The van der Waals surface area contributed by atoms with Gasteiger partial charge in [-0.2, -0.15) is 0 Å². The molecule has 1 amide bonds. The lowest BCUT2D eigenvalue weighted by molar-refractivity contribution is -0.128. The Bertz CT molecular complexity index is 490. The number of likely N-dealkylation sites (tertiary alicyclic amines) is 1. The lowest BCUT2D eigenvalue weighted by Crippen LogP contribution is -2.28. The van der Waals surface area contributed by atoms with E-state index in [4.69, 9.17) is 9.47 Å². The number of aryl methyl sites for hydroxylation is 2. The van der Waals surface area contributed by atoms with Crippen LogP contribution in [0.4, 0.5) is 0 Å². The monoisotopic (exact) mass is 291 g/mol. The Labute approximate surface area is 127 Å². The minimum absolute atomic E-state index is 0.249. The van der Waals surface area contributed by atoms with Gasteiger partial charge in [-0.15, -0.1) is 0 Å². The Morgan fingerprint density at radius 3 is 2.48 bits per heavy atom. The van der Waals surface area contributed by atoms with Gasteiger partial charge in [-0.1, -0.05) is 12.1 Å². The zero-order valence-corrected chi connectivity index (χ0v) is 13.4. The topological polar surface area (TPSA) is 38.8 Å². The quantitative estimate of drug-likeness (QED) is 0.807. The molecule has 2 rings (SSSR count). The fraction of sp³-hybridized carbons (Fsp3) is 0.588. The number of rotatable bonds is 6. The Balaban J connectivity index is 2.01. The molecule has 1 heterocycles. The molecule has 0 bridgehead atoms. The summed E-state index contributed by atoms with van der Waals surface area (Å²) in [6, 6.07) is 4.35. The maximum absolute atomic E-state index is 12.0. The molecule has 1 aromatic rings. The number of hydrogen-bond donors (Lipinski definition) is 0. The lowest BCUT2D eigenvalue weighted by Gasteiger charge is -2.16. The van der Waals surface area contributed by atoms with Crippen LogP contribution in [0.5, 0.6) is 5.75 Å². The molecule has 1 fully saturated rings. The highest BCUT2D eigenvalue weighted by molar-refractivity contribution is 5.78. The van der Waals surface area contributed by atoms with Gasteiger partial charge < -0.3 is 14.4 Å². The zero-order valence-electron chi connectivity index (χ0n) is 13.4. The molecule has 1 saturated heterocycles. The van der Waals surface area contributed by atoms with Crippen molar-refractivity contribution in [1.82, 2.24) is 4.90 Å². The van der Waals surface area contributed by atoms with E-state index in [0.717, 1.165) is 29.8 Å². The van der Waals surface area contributed by atoms with E-state index in [2.05, 4.69) is 26.0 Å². The summed E-state index contributed by atoms with van der Waals surface area (Å²) in [6.07, 6.45) is 1.59. The van der Waals surface area contributed by atoms with Crippen molar-refractivity contribution in [3.63, 3.8) is 0 Å². The normalized spacial score (nSPS) is 18.4. The molecule has 0 N–H and O–H groups in total. The van der Waals surface area contributed by atoms with Gasteiger partial charge in [0.05, 0.1) is 13.7 Å². The van der Waals surface area contributed by atoms with E-state index in [1.807, 2.05) is 4.90 Å². The summed E-state index contributed by atoms with van der Waals surface area (Å²) in [5, 5.41) is 0. The third-order valence-corrected chi connectivity index (χ3v) is 4.11. The first kappa shape index (κ1) is 15.8. The van der Waals surface area contributed by atoms with Gasteiger partial charge in [0.15, 0.2) is 0 Å². The molecule has 0 aromatic heterocycles. The van der Waals surface area contributed by atoms with Crippen molar-refractivity contribution in [3.8, 4) is 5.75 Å². The van der Waals surface area contributed by atoms with Gasteiger partial charge in [0.1, 0.15) is 5.75 Å². The average Bonchev–Trinajstić information content (AvgIpc) is 2.76. The summed E-state index contributed by atoms with van der Waals surface area (Å²) in [7, 11) is 3.37. The van der Waals surface area contributed by atoms with E-state index in [1.54, 1.807) is 14.2 Å². The Kier molecular flexibility index (Phi) is 5.23. The molecule has 1 aliphatic heterocycles. The van der Waals surface area contributed by atoms with Crippen LogP contribution in [0, 0.1) is 19.8 Å². The van der Waals surface area contributed by atoms with Gasteiger partial charge in [-0.3, -0.25) is 4.79 Å². The molecule has 0 saturated carbocycles. The first-order valence-electron chi connectivity index (χ1n) is 7.46. The highest BCUT2D eigenvalue weighted by atomic mass is 16.5. The smallest absolute Gasteiger partial charge is 0.223 e. The van der Waals surface area contributed by atoms with E-state index in [-0.39, 0.29) is 5.91 Å². The van der Waals surface area contributed by atoms with E-state index in [9.17, 15) is 4.79 Å². The number of carbonyl (C=O) groups is 1. The SMILES string of the molecule is COCCN1C[C@H](Cc2cc(C)c(OC)c(C)c2)CC1=O. The molecule has 1 aliphatic rings. The Morgan fingerprint density at radius 1 is 1.24 bits per heavy atom. The van der Waals surface area contributed by atoms with Crippen LogP contribution in [0.2, 0.25) is 0 Å². The molecule has 1 atom stereocenters. The predicted octanol–water partition coefficient (Wildman–Crippen LogP) is 2.35. The van der Waals surface area contributed by atoms with Gasteiger partial charge >= 0.3 is 0 Å². The van der Waals surface area contributed by atoms with Gasteiger partial charge in [0.2, 0.25) is 5.91 Å². The van der Waals surface area contributed by atoms with Crippen LogP contribution < -0.4 is 4.74 Å². The second-order valence-electron chi connectivity index (χ2n) is 5.87. The average molecular weight is 291 g/mol. The summed E-state index contributed by atoms with van der Waals surface area (Å²) >= 11 is 0. The first-order chi connectivity index (χ1) is 10.0. The Hall–Kier alpha value is -1.55. The third-order valence-electron chi connectivity index (χ3n) is 4.11. The molecule has 4 heteroatoms. The van der Waals surface area contributed by atoms with Crippen molar-refractivity contribution in [2.24, 2.45) is 5.92 Å². The van der Waals surface area contributed by atoms with Crippen molar-refractivity contribution in [1.29, 1.82) is 0 Å². The van der Waals surface area contributed by atoms with Gasteiger partial charge in [0, 0.05) is 26.6 Å². The fourth-order valence-electron chi connectivity index (χ4n) is 3.22. The standard InChI is InChI=1S/C17H25NO3/c1-12-7-14(8-13(2)17(12)21-4)9-15-10-16(19)18(11-15)5-6-20-3/h7-8,15H,5-6,9-11H2,1-4H3/t15-/m1/s1. The number of amides is 1. The van der Waals surface area contributed by atoms with Crippen molar-refractivity contribution < 1.29 is 14.3 Å². The van der Waals surface area contributed by atoms with Crippen LogP contribution in [-0.2, 0) is 16.0 Å². The zero-order chi connectivity index (χ0) is 15.4. The molecule has 21 heavy (non-hydrogen) atoms. The van der Waals surface area contributed by atoms with Crippen molar-refractivity contribution in [3.05, 3.63) is 28.8 Å². The number of hydrogen-bond acceptors (Lipinski definition) is 3. The second kappa shape index (κ2) is 6.94. The minimum atomic E-state index is 0.249. The number of methoxy groups -OCH3 is 2. The highest BCUT2D eigenvalue weighted by Gasteiger charge is 2.29. The lowest BCUT2D eigenvalue weighted by atomic mass is 9.95. The van der Waals surface area contributed by atoms with Crippen LogP contribution >= 0.6 is 0 Å². The summed E-state index contributed by atoms with van der Waals surface area (Å²) in [4.78, 5) is 13.9. The molecule has 0 radical (unpaired) electrons. The maximum atomic E-state index is 12.0. The molecule has 116 valence electrons. The van der Waals surface area contributed by atoms with Gasteiger partial charge in [-0.05, 0) is 42.9 Å². The van der Waals surface area contributed by atoms with Crippen LogP contribution in [-0.4, -0.2) is 44.7 Å². The van der Waals surface area contributed by atoms with E-state index >= 15 is 0 Å². The van der Waals surface area contributed by atoms with E-state index < -0.39 is 0 Å². The number of carbonyl (C=O) groups excluding carboxylic acids is 1. The minimum Gasteiger partial charge on any atom is -0.496 e. The Morgan fingerprint density at radius 2 is 1.90 bits per heavy atom. The molecular weight excluding hydrogens is 266 g/mol.